The van der Waals surface area contributed by atoms with Gasteiger partial charge in [-0.25, -0.2) is 17.2 Å². The van der Waals surface area contributed by atoms with Crippen molar-refractivity contribution >= 4 is 27.3 Å². The van der Waals surface area contributed by atoms with Crippen molar-refractivity contribution in [1.82, 2.24) is 0 Å². The van der Waals surface area contributed by atoms with Gasteiger partial charge in [0.15, 0.2) is 0 Å². The summed E-state index contributed by atoms with van der Waals surface area (Å²) in [7, 11) is -3.50. The van der Waals surface area contributed by atoms with Crippen LogP contribution in [0.25, 0.3) is 0 Å². The summed E-state index contributed by atoms with van der Waals surface area (Å²) in [6.07, 6.45) is 2.51. The number of carbonyl (C=O) groups excluding carboxylic acids is 1. The van der Waals surface area contributed by atoms with Crippen molar-refractivity contribution in [2.75, 3.05) is 22.4 Å². The third-order valence-corrected chi connectivity index (χ3v) is 4.45. The standard InChI is InChI=1S/C17H16F2N2O3S/c1-3-10-21(25(2,23)24)14-7-4-12(5-8-14)17(22)20-16-9-6-13(18)11-15(16)19/h3-9,11H,1,10H2,2H3,(H,20,22). The molecule has 0 aliphatic carbocycles. The number of hydrogen-bond donors (Lipinski definition) is 1. The maximum absolute atomic E-state index is 13.6. The Bertz CT molecular complexity index is 897. The van der Waals surface area contributed by atoms with Crippen molar-refractivity contribution in [2.24, 2.45) is 0 Å². The molecule has 0 aliphatic heterocycles. The molecule has 25 heavy (non-hydrogen) atoms. The SMILES string of the molecule is C=CCN(c1ccc(C(=O)Nc2ccc(F)cc2F)cc1)S(C)(=O)=O. The number of halogens is 2. The lowest BCUT2D eigenvalue weighted by Crippen LogP contribution is -2.29. The van der Waals surface area contributed by atoms with E-state index in [0.29, 0.717) is 11.8 Å². The Morgan fingerprint density at radius 2 is 1.84 bits per heavy atom. The Kier molecular flexibility index (Phi) is 5.53. The summed E-state index contributed by atoms with van der Waals surface area (Å²) in [5.74, 6) is -2.24. The van der Waals surface area contributed by atoms with E-state index in [-0.39, 0.29) is 17.8 Å². The zero-order chi connectivity index (χ0) is 18.6. The van der Waals surface area contributed by atoms with Crippen molar-refractivity contribution in [3.8, 4) is 0 Å². The first-order valence-electron chi connectivity index (χ1n) is 7.17. The molecule has 1 N–H and O–H groups in total. The molecule has 1 amide bonds. The first-order valence-corrected chi connectivity index (χ1v) is 9.02. The molecule has 2 rings (SSSR count). The number of amides is 1. The van der Waals surface area contributed by atoms with Gasteiger partial charge in [-0.2, -0.15) is 0 Å². The minimum absolute atomic E-state index is 0.0885. The Balaban J connectivity index is 2.21. The highest BCUT2D eigenvalue weighted by molar-refractivity contribution is 7.92. The van der Waals surface area contributed by atoms with Gasteiger partial charge in [0.1, 0.15) is 11.6 Å². The van der Waals surface area contributed by atoms with E-state index < -0.39 is 27.6 Å². The van der Waals surface area contributed by atoms with Gasteiger partial charge in [-0.3, -0.25) is 9.10 Å². The lowest BCUT2D eigenvalue weighted by atomic mass is 10.2. The normalized spacial score (nSPS) is 11.0. The molecule has 2 aromatic carbocycles. The second-order valence-corrected chi connectivity index (χ2v) is 7.11. The van der Waals surface area contributed by atoms with E-state index >= 15 is 0 Å². The minimum Gasteiger partial charge on any atom is -0.319 e. The number of carbonyl (C=O) groups is 1. The van der Waals surface area contributed by atoms with Gasteiger partial charge in [-0.05, 0) is 36.4 Å². The molecule has 0 bridgehead atoms. The topological polar surface area (TPSA) is 66.5 Å². The fourth-order valence-electron chi connectivity index (χ4n) is 2.11. The highest BCUT2D eigenvalue weighted by atomic mass is 32.2. The second kappa shape index (κ2) is 7.43. The van der Waals surface area contributed by atoms with Crippen molar-refractivity contribution < 1.29 is 22.0 Å². The van der Waals surface area contributed by atoms with Gasteiger partial charge in [0.25, 0.3) is 5.91 Å². The maximum Gasteiger partial charge on any atom is 0.255 e. The molecule has 0 heterocycles. The van der Waals surface area contributed by atoms with E-state index in [4.69, 9.17) is 0 Å². The maximum atomic E-state index is 13.6. The van der Waals surface area contributed by atoms with Crippen LogP contribution in [0, 0.1) is 11.6 Å². The minimum atomic E-state index is -3.50. The zero-order valence-electron chi connectivity index (χ0n) is 13.4. The molecular weight excluding hydrogens is 350 g/mol. The molecule has 8 heteroatoms. The molecule has 0 saturated carbocycles. The van der Waals surface area contributed by atoms with Gasteiger partial charge < -0.3 is 5.32 Å². The number of hydrogen-bond acceptors (Lipinski definition) is 3. The van der Waals surface area contributed by atoms with Gasteiger partial charge in [-0.15, -0.1) is 6.58 Å². The van der Waals surface area contributed by atoms with Crippen molar-refractivity contribution in [3.63, 3.8) is 0 Å². The average molecular weight is 366 g/mol. The van der Waals surface area contributed by atoms with Crippen molar-refractivity contribution in [3.05, 3.63) is 72.3 Å². The van der Waals surface area contributed by atoms with Crippen LogP contribution in [0.2, 0.25) is 0 Å². The number of nitrogens with one attached hydrogen (secondary N) is 1. The van der Waals surface area contributed by atoms with Crippen molar-refractivity contribution in [2.45, 2.75) is 0 Å². The summed E-state index contributed by atoms with van der Waals surface area (Å²) in [6.45, 7) is 3.60. The third kappa shape index (κ3) is 4.63. The fraction of sp³-hybridized carbons (Fsp3) is 0.118. The molecule has 0 unspecified atom stereocenters. The molecule has 0 saturated heterocycles. The Morgan fingerprint density at radius 3 is 2.36 bits per heavy atom. The molecule has 5 nitrogen and oxygen atoms in total. The molecule has 0 aromatic heterocycles. The highest BCUT2D eigenvalue weighted by Gasteiger charge is 2.16. The first-order chi connectivity index (χ1) is 11.7. The Hall–Kier alpha value is -2.74. The van der Waals surface area contributed by atoms with Crippen molar-refractivity contribution in [1.29, 1.82) is 0 Å². The van der Waals surface area contributed by atoms with Crippen LogP contribution in [0.4, 0.5) is 20.2 Å². The Labute approximate surface area is 144 Å². The van der Waals surface area contributed by atoms with Crippen LogP contribution < -0.4 is 9.62 Å². The number of anilines is 2. The van der Waals surface area contributed by atoms with Gasteiger partial charge in [0.2, 0.25) is 10.0 Å². The van der Waals surface area contributed by atoms with Crippen LogP contribution in [0.1, 0.15) is 10.4 Å². The summed E-state index contributed by atoms with van der Waals surface area (Å²) >= 11 is 0. The van der Waals surface area contributed by atoms with Crippen LogP contribution in [-0.4, -0.2) is 27.1 Å². The molecular formula is C17H16F2N2O3S. The molecule has 0 spiro atoms. The smallest absolute Gasteiger partial charge is 0.255 e. The van der Waals surface area contributed by atoms with E-state index in [9.17, 15) is 22.0 Å². The molecule has 0 aliphatic rings. The number of nitrogens with zero attached hydrogens (tertiary/aromatic N) is 1. The van der Waals surface area contributed by atoms with Crippen LogP contribution in [-0.2, 0) is 10.0 Å². The van der Waals surface area contributed by atoms with Gasteiger partial charge in [0, 0.05) is 11.6 Å². The van der Waals surface area contributed by atoms with Crippen LogP contribution in [0.3, 0.4) is 0 Å². The average Bonchev–Trinajstić information content (AvgIpc) is 2.54. The summed E-state index contributed by atoms with van der Waals surface area (Å²) < 4.78 is 51.1. The molecule has 2 aromatic rings. The highest BCUT2D eigenvalue weighted by Crippen LogP contribution is 2.20. The lowest BCUT2D eigenvalue weighted by Gasteiger charge is -2.20. The summed E-state index contributed by atoms with van der Waals surface area (Å²) in [6, 6.07) is 8.55. The van der Waals surface area contributed by atoms with Gasteiger partial charge >= 0.3 is 0 Å². The zero-order valence-corrected chi connectivity index (χ0v) is 14.2. The fourth-order valence-corrected chi connectivity index (χ4v) is 2.99. The van der Waals surface area contributed by atoms with Gasteiger partial charge in [-0.1, -0.05) is 6.08 Å². The van der Waals surface area contributed by atoms with E-state index in [1.165, 1.54) is 30.3 Å². The van der Waals surface area contributed by atoms with E-state index in [1.54, 1.807) is 0 Å². The van der Waals surface area contributed by atoms with E-state index in [1.807, 2.05) is 0 Å². The summed E-state index contributed by atoms with van der Waals surface area (Å²) in [5.41, 5.74) is 0.409. The first kappa shape index (κ1) is 18.6. The predicted molar refractivity (Wildman–Crippen MR) is 93.1 cm³/mol. The number of sulfonamides is 1. The van der Waals surface area contributed by atoms with E-state index in [2.05, 4.69) is 11.9 Å². The van der Waals surface area contributed by atoms with E-state index in [0.717, 1.165) is 22.7 Å². The quantitative estimate of drug-likeness (QED) is 0.799. The number of rotatable bonds is 6. The molecule has 0 atom stereocenters. The second-order valence-electron chi connectivity index (χ2n) is 5.21. The summed E-state index contributed by atoms with van der Waals surface area (Å²) in [5, 5.41) is 2.33. The van der Waals surface area contributed by atoms with Gasteiger partial charge in [0.05, 0.1) is 24.2 Å². The lowest BCUT2D eigenvalue weighted by molar-refractivity contribution is 0.102. The van der Waals surface area contributed by atoms with Crippen LogP contribution in [0.5, 0.6) is 0 Å². The summed E-state index contributed by atoms with van der Waals surface area (Å²) in [4.78, 5) is 12.1. The predicted octanol–water partition coefficient (Wildman–Crippen LogP) is 3.17. The monoisotopic (exact) mass is 366 g/mol. The third-order valence-electron chi connectivity index (χ3n) is 3.29. The largest absolute Gasteiger partial charge is 0.319 e. The van der Waals surface area contributed by atoms with Crippen LogP contribution in [0.15, 0.2) is 55.1 Å². The number of benzene rings is 2. The van der Waals surface area contributed by atoms with Crippen LogP contribution >= 0.6 is 0 Å². The molecule has 132 valence electrons. The molecule has 0 fully saturated rings. The molecule has 0 radical (unpaired) electrons. The Morgan fingerprint density at radius 1 is 1.20 bits per heavy atom.